The molecule has 0 fully saturated rings. The lowest BCUT2D eigenvalue weighted by atomic mass is 10.0. The number of aryl methyl sites for hydroxylation is 1. The molecule has 0 aliphatic carbocycles. The summed E-state index contributed by atoms with van der Waals surface area (Å²) in [6, 6.07) is 16.2. The zero-order chi connectivity index (χ0) is 14.1. The second kappa shape index (κ2) is 5.43. The summed E-state index contributed by atoms with van der Waals surface area (Å²) in [7, 11) is 0. The van der Waals surface area contributed by atoms with Crippen LogP contribution in [0.2, 0.25) is 10.2 Å². The van der Waals surface area contributed by atoms with Crippen molar-refractivity contribution in [2.24, 2.45) is 0 Å². The normalized spacial score (nSPS) is 10.9. The monoisotopic (exact) mass is 301 g/mol. The van der Waals surface area contributed by atoms with Crippen LogP contribution in [0, 0.1) is 6.92 Å². The molecule has 0 unspecified atom stereocenters. The lowest BCUT2D eigenvalue weighted by Crippen LogP contribution is -1.90. The van der Waals surface area contributed by atoms with E-state index in [-0.39, 0.29) is 0 Å². The van der Waals surface area contributed by atoms with E-state index in [1.54, 1.807) is 0 Å². The van der Waals surface area contributed by atoms with Crippen molar-refractivity contribution in [3.63, 3.8) is 0 Å². The fraction of sp³-hybridized carbons (Fsp3) is 0.118. The fourth-order valence-electron chi connectivity index (χ4n) is 2.35. The van der Waals surface area contributed by atoms with Crippen molar-refractivity contribution in [2.45, 2.75) is 13.3 Å². The van der Waals surface area contributed by atoms with Gasteiger partial charge in [-0.15, -0.1) is 0 Å². The van der Waals surface area contributed by atoms with E-state index in [0.29, 0.717) is 5.15 Å². The summed E-state index contributed by atoms with van der Waals surface area (Å²) in [5, 5.41) is 2.46. The van der Waals surface area contributed by atoms with E-state index in [0.717, 1.165) is 27.9 Å². The molecular weight excluding hydrogens is 289 g/mol. The zero-order valence-electron chi connectivity index (χ0n) is 11.0. The van der Waals surface area contributed by atoms with Crippen LogP contribution in [-0.2, 0) is 6.42 Å². The Morgan fingerprint density at radius 1 is 0.900 bits per heavy atom. The first-order chi connectivity index (χ1) is 9.61. The second-order valence-corrected chi connectivity index (χ2v) is 5.74. The Hall–Kier alpha value is -1.57. The minimum Gasteiger partial charge on any atom is -0.236 e. The standard InChI is InChI=1S/C17H13Cl2N/c1-11-8-17(19)20-16-7-4-13(10-15(11)16)9-12-2-5-14(18)6-3-12/h2-8,10H,9H2,1H3. The van der Waals surface area contributed by atoms with Crippen molar-refractivity contribution in [3.05, 3.63) is 75.4 Å². The number of aromatic nitrogens is 1. The van der Waals surface area contributed by atoms with Crippen LogP contribution in [0.5, 0.6) is 0 Å². The van der Waals surface area contributed by atoms with Crippen molar-refractivity contribution in [3.8, 4) is 0 Å². The maximum Gasteiger partial charge on any atom is 0.130 e. The molecule has 0 N–H and O–H groups in total. The fourth-order valence-corrected chi connectivity index (χ4v) is 2.73. The van der Waals surface area contributed by atoms with Gasteiger partial charge >= 0.3 is 0 Å². The maximum absolute atomic E-state index is 5.98. The number of benzene rings is 2. The van der Waals surface area contributed by atoms with Gasteiger partial charge in [0, 0.05) is 10.4 Å². The van der Waals surface area contributed by atoms with Crippen LogP contribution in [-0.4, -0.2) is 4.98 Å². The molecule has 0 bridgehead atoms. The van der Waals surface area contributed by atoms with Crippen molar-refractivity contribution >= 4 is 34.1 Å². The van der Waals surface area contributed by atoms with Gasteiger partial charge in [0.2, 0.25) is 0 Å². The Kier molecular flexibility index (Phi) is 3.64. The van der Waals surface area contributed by atoms with Crippen LogP contribution in [0.1, 0.15) is 16.7 Å². The zero-order valence-corrected chi connectivity index (χ0v) is 12.5. The molecule has 0 radical (unpaired) electrons. The molecule has 100 valence electrons. The van der Waals surface area contributed by atoms with Gasteiger partial charge in [0.05, 0.1) is 5.52 Å². The molecule has 0 aliphatic heterocycles. The summed E-state index contributed by atoms with van der Waals surface area (Å²) in [6.07, 6.45) is 0.884. The number of rotatable bonds is 2. The Morgan fingerprint density at radius 3 is 2.35 bits per heavy atom. The third kappa shape index (κ3) is 2.79. The number of nitrogens with zero attached hydrogens (tertiary/aromatic N) is 1. The van der Waals surface area contributed by atoms with Gasteiger partial charge in [0.15, 0.2) is 0 Å². The first kappa shape index (κ1) is 13.4. The number of hydrogen-bond acceptors (Lipinski definition) is 1. The molecule has 20 heavy (non-hydrogen) atoms. The Bertz CT molecular complexity index is 764. The summed E-state index contributed by atoms with van der Waals surface area (Å²) >= 11 is 11.9. The molecule has 0 aliphatic rings. The lowest BCUT2D eigenvalue weighted by Gasteiger charge is -2.07. The molecule has 0 amide bonds. The topological polar surface area (TPSA) is 12.9 Å². The van der Waals surface area contributed by atoms with E-state index >= 15 is 0 Å². The minimum absolute atomic E-state index is 0.542. The van der Waals surface area contributed by atoms with Gasteiger partial charge in [0.25, 0.3) is 0 Å². The maximum atomic E-state index is 5.98. The highest BCUT2D eigenvalue weighted by atomic mass is 35.5. The summed E-state index contributed by atoms with van der Waals surface area (Å²) in [6.45, 7) is 2.06. The lowest BCUT2D eigenvalue weighted by molar-refractivity contribution is 1.20. The largest absolute Gasteiger partial charge is 0.236 e. The molecule has 3 aromatic rings. The van der Waals surface area contributed by atoms with Crippen molar-refractivity contribution in [1.29, 1.82) is 0 Å². The van der Waals surface area contributed by atoms with Crippen molar-refractivity contribution < 1.29 is 0 Å². The quantitative estimate of drug-likeness (QED) is 0.574. The number of pyridine rings is 1. The van der Waals surface area contributed by atoms with Crippen LogP contribution in [0.3, 0.4) is 0 Å². The number of hydrogen-bond donors (Lipinski definition) is 0. The first-order valence-electron chi connectivity index (χ1n) is 6.42. The molecule has 2 aromatic carbocycles. The summed E-state index contributed by atoms with van der Waals surface area (Å²) < 4.78 is 0. The van der Waals surface area contributed by atoms with Crippen LogP contribution >= 0.6 is 23.2 Å². The minimum atomic E-state index is 0.542. The van der Waals surface area contributed by atoms with E-state index in [1.165, 1.54) is 11.1 Å². The highest BCUT2D eigenvalue weighted by Gasteiger charge is 2.04. The summed E-state index contributed by atoms with van der Waals surface area (Å²) in [5.41, 5.74) is 4.59. The van der Waals surface area contributed by atoms with Crippen molar-refractivity contribution in [1.82, 2.24) is 4.98 Å². The van der Waals surface area contributed by atoms with Crippen LogP contribution in [0.4, 0.5) is 0 Å². The molecule has 0 saturated carbocycles. The van der Waals surface area contributed by atoms with Gasteiger partial charge in [-0.25, -0.2) is 4.98 Å². The highest BCUT2D eigenvalue weighted by molar-refractivity contribution is 6.30. The predicted octanol–water partition coefficient (Wildman–Crippen LogP) is 5.44. The first-order valence-corrected chi connectivity index (χ1v) is 7.17. The summed E-state index contributed by atoms with van der Waals surface area (Å²) in [5.74, 6) is 0. The van der Waals surface area contributed by atoms with Gasteiger partial charge in [-0.3, -0.25) is 0 Å². The van der Waals surface area contributed by atoms with E-state index in [9.17, 15) is 0 Å². The average Bonchev–Trinajstić information content (AvgIpc) is 2.42. The number of fused-ring (bicyclic) bond motifs is 1. The van der Waals surface area contributed by atoms with Crippen molar-refractivity contribution in [2.75, 3.05) is 0 Å². The molecule has 0 spiro atoms. The third-order valence-electron chi connectivity index (χ3n) is 3.37. The van der Waals surface area contributed by atoms with Crippen LogP contribution in [0.15, 0.2) is 48.5 Å². The van der Waals surface area contributed by atoms with Gasteiger partial charge in [-0.2, -0.15) is 0 Å². The van der Waals surface area contributed by atoms with E-state index in [1.807, 2.05) is 24.3 Å². The third-order valence-corrected chi connectivity index (χ3v) is 3.82. The SMILES string of the molecule is Cc1cc(Cl)nc2ccc(Cc3ccc(Cl)cc3)cc12. The molecule has 1 nitrogen and oxygen atoms in total. The van der Waals surface area contributed by atoms with Gasteiger partial charge < -0.3 is 0 Å². The Morgan fingerprint density at radius 2 is 1.60 bits per heavy atom. The molecule has 1 aromatic heterocycles. The van der Waals surface area contributed by atoms with Crippen LogP contribution in [0.25, 0.3) is 10.9 Å². The molecule has 1 heterocycles. The van der Waals surface area contributed by atoms with E-state index < -0.39 is 0 Å². The molecule has 0 saturated heterocycles. The van der Waals surface area contributed by atoms with Gasteiger partial charge in [0.1, 0.15) is 5.15 Å². The van der Waals surface area contributed by atoms with Crippen LogP contribution < -0.4 is 0 Å². The smallest absolute Gasteiger partial charge is 0.130 e. The summed E-state index contributed by atoms with van der Waals surface area (Å²) in [4.78, 5) is 4.34. The predicted molar refractivity (Wildman–Crippen MR) is 85.7 cm³/mol. The highest BCUT2D eigenvalue weighted by Crippen LogP contribution is 2.23. The van der Waals surface area contributed by atoms with Gasteiger partial charge in [-0.05, 0) is 60.4 Å². The van der Waals surface area contributed by atoms with E-state index in [2.05, 4.69) is 36.2 Å². The molecular formula is C17H13Cl2N. The number of halogens is 2. The average molecular weight is 302 g/mol. The van der Waals surface area contributed by atoms with Gasteiger partial charge in [-0.1, -0.05) is 41.4 Å². The van der Waals surface area contributed by atoms with E-state index in [4.69, 9.17) is 23.2 Å². The molecule has 3 rings (SSSR count). The molecule has 0 atom stereocenters. The Balaban J connectivity index is 1.98. The molecule has 3 heteroatoms. The Labute approximate surface area is 128 Å². The second-order valence-electron chi connectivity index (χ2n) is 4.92.